The lowest BCUT2D eigenvalue weighted by molar-refractivity contribution is -0.121. The molecule has 1 N–H and O–H groups in total. The van der Waals surface area contributed by atoms with Crippen molar-refractivity contribution in [2.24, 2.45) is 5.92 Å². The zero-order chi connectivity index (χ0) is 23.8. The molecule has 2 aliphatic heterocycles. The molecule has 33 heavy (non-hydrogen) atoms. The second-order valence-electron chi connectivity index (χ2n) is 9.16. The Kier molecular flexibility index (Phi) is 7.23. The Hall–Kier alpha value is -1.82. The second kappa shape index (κ2) is 9.81. The van der Waals surface area contributed by atoms with Crippen LogP contribution in [0.3, 0.4) is 0 Å². The van der Waals surface area contributed by atoms with Gasteiger partial charge < -0.3 is 5.32 Å². The number of thiophene rings is 1. The third kappa shape index (κ3) is 4.87. The van der Waals surface area contributed by atoms with Gasteiger partial charge >= 0.3 is 0 Å². The highest BCUT2D eigenvalue weighted by molar-refractivity contribution is 7.89. The van der Waals surface area contributed by atoms with Crippen molar-refractivity contribution < 1.29 is 13.2 Å². The van der Waals surface area contributed by atoms with E-state index in [9.17, 15) is 18.0 Å². The minimum Gasteiger partial charge on any atom is -0.353 e. The van der Waals surface area contributed by atoms with Crippen LogP contribution in [0.1, 0.15) is 44.4 Å². The summed E-state index contributed by atoms with van der Waals surface area (Å²) in [5.74, 6) is 0.213. The molecular formula is C22H33N5O4S2. The standard InChI is InChI=1S/C22H33N5O4S2/c1-4-25-9-5-6-17(25)12-23-18(28)13-26-14-24-21-19(22(26)29)20(16(3)32-21)33(30,31)27-10-7-15(2)8-11-27/h14-15,17H,4-13H2,1-3H3,(H,23,28). The molecule has 2 aliphatic rings. The molecule has 2 fully saturated rings. The molecule has 2 aromatic rings. The van der Waals surface area contributed by atoms with Crippen LogP contribution < -0.4 is 10.9 Å². The molecule has 1 unspecified atom stereocenters. The summed E-state index contributed by atoms with van der Waals surface area (Å²) in [6.07, 6.45) is 5.12. The molecule has 0 bridgehead atoms. The van der Waals surface area contributed by atoms with E-state index in [2.05, 4.69) is 29.0 Å². The summed E-state index contributed by atoms with van der Waals surface area (Å²) in [7, 11) is -3.81. The first kappa shape index (κ1) is 24.3. The highest BCUT2D eigenvalue weighted by atomic mass is 32.2. The van der Waals surface area contributed by atoms with Crippen molar-refractivity contribution in [3.63, 3.8) is 0 Å². The van der Waals surface area contributed by atoms with E-state index in [1.165, 1.54) is 26.5 Å². The van der Waals surface area contributed by atoms with Gasteiger partial charge in [-0.15, -0.1) is 11.3 Å². The van der Waals surface area contributed by atoms with Gasteiger partial charge in [0.25, 0.3) is 5.56 Å². The Balaban J connectivity index is 1.57. The topological polar surface area (TPSA) is 105 Å². The molecule has 182 valence electrons. The third-order valence-corrected chi connectivity index (χ3v) is 10.1. The van der Waals surface area contributed by atoms with E-state index in [4.69, 9.17) is 0 Å². The predicted molar refractivity (Wildman–Crippen MR) is 129 cm³/mol. The minimum atomic E-state index is -3.81. The SMILES string of the molecule is CCN1CCCC1CNC(=O)Cn1cnc2sc(C)c(S(=O)(=O)N3CCC(C)CC3)c2c1=O. The lowest BCUT2D eigenvalue weighted by Gasteiger charge is -2.29. The monoisotopic (exact) mass is 495 g/mol. The number of carbonyl (C=O) groups is 1. The predicted octanol–water partition coefficient (Wildman–Crippen LogP) is 1.79. The largest absolute Gasteiger partial charge is 0.353 e. The average Bonchev–Trinajstić information content (AvgIpc) is 3.38. The molecule has 2 aromatic heterocycles. The van der Waals surface area contributed by atoms with Crippen LogP contribution in [0.2, 0.25) is 0 Å². The number of aromatic nitrogens is 2. The molecule has 11 heteroatoms. The highest BCUT2D eigenvalue weighted by Crippen LogP contribution is 2.34. The van der Waals surface area contributed by atoms with Gasteiger partial charge in [-0.1, -0.05) is 13.8 Å². The van der Waals surface area contributed by atoms with Crippen molar-refractivity contribution in [1.29, 1.82) is 0 Å². The average molecular weight is 496 g/mol. The molecule has 0 saturated carbocycles. The number of likely N-dealkylation sites (tertiary alicyclic amines) is 1. The van der Waals surface area contributed by atoms with Crippen LogP contribution in [-0.2, 0) is 21.4 Å². The Morgan fingerprint density at radius 1 is 1.24 bits per heavy atom. The van der Waals surface area contributed by atoms with Crippen molar-refractivity contribution in [2.75, 3.05) is 32.7 Å². The van der Waals surface area contributed by atoms with E-state index in [-0.39, 0.29) is 22.7 Å². The van der Waals surface area contributed by atoms with Gasteiger partial charge in [0.15, 0.2) is 0 Å². The number of rotatable bonds is 7. The Morgan fingerprint density at radius 3 is 2.67 bits per heavy atom. The smallest absolute Gasteiger partial charge is 0.263 e. The maximum atomic E-state index is 13.5. The number of piperidine rings is 1. The molecular weight excluding hydrogens is 462 g/mol. The van der Waals surface area contributed by atoms with Gasteiger partial charge in [0.05, 0.1) is 11.7 Å². The fourth-order valence-electron chi connectivity index (χ4n) is 4.88. The van der Waals surface area contributed by atoms with Crippen molar-refractivity contribution in [1.82, 2.24) is 24.1 Å². The van der Waals surface area contributed by atoms with Crippen LogP contribution in [-0.4, -0.2) is 71.8 Å². The minimum absolute atomic E-state index is 0.0499. The number of sulfonamides is 1. The van der Waals surface area contributed by atoms with Gasteiger partial charge in [0, 0.05) is 30.6 Å². The summed E-state index contributed by atoms with van der Waals surface area (Å²) in [5, 5.41) is 3.02. The molecule has 0 aromatic carbocycles. The van der Waals surface area contributed by atoms with Gasteiger partial charge in [-0.2, -0.15) is 4.31 Å². The van der Waals surface area contributed by atoms with Gasteiger partial charge in [-0.25, -0.2) is 13.4 Å². The summed E-state index contributed by atoms with van der Waals surface area (Å²) >= 11 is 1.21. The first-order valence-electron chi connectivity index (χ1n) is 11.7. The quantitative estimate of drug-likeness (QED) is 0.628. The summed E-state index contributed by atoms with van der Waals surface area (Å²) in [5.41, 5.74) is -0.487. The number of likely N-dealkylation sites (N-methyl/N-ethyl adjacent to an activating group) is 1. The van der Waals surface area contributed by atoms with E-state index in [1.54, 1.807) is 6.92 Å². The first-order valence-corrected chi connectivity index (χ1v) is 14.0. The fraction of sp³-hybridized carbons (Fsp3) is 0.682. The number of hydrogen-bond donors (Lipinski definition) is 1. The molecule has 2 saturated heterocycles. The lowest BCUT2D eigenvalue weighted by Crippen LogP contribution is -2.42. The van der Waals surface area contributed by atoms with Crippen molar-refractivity contribution in [2.45, 2.75) is 63.9 Å². The maximum Gasteiger partial charge on any atom is 0.263 e. The molecule has 4 heterocycles. The van der Waals surface area contributed by atoms with E-state index >= 15 is 0 Å². The first-order chi connectivity index (χ1) is 15.7. The number of nitrogens with one attached hydrogen (secondary N) is 1. The number of nitrogens with zero attached hydrogens (tertiary/aromatic N) is 4. The fourth-order valence-corrected chi connectivity index (χ4v) is 8.01. The normalized spacial score (nSPS) is 21.1. The number of carbonyl (C=O) groups excluding carboxylic acids is 1. The van der Waals surface area contributed by atoms with E-state index in [1.807, 2.05) is 0 Å². The van der Waals surface area contributed by atoms with E-state index in [0.717, 1.165) is 38.8 Å². The molecule has 4 rings (SSSR count). The number of hydrogen-bond acceptors (Lipinski definition) is 7. The Morgan fingerprint density at radius 2 is 1.97 bits per heavy atom. The van der Waals surface area contributed by atoms with Crippen molar-refractivity contribution >= 4 is 37.5 Å². The second-order valence-corrected chi connectivity index (χ2v) is 12.2. The molecule has 9 nitrogen and oxygen atoms in total. The van der Waals surface area contributed by atoms with Crippen LogP contribution in [0.15, 0.2) is 16.0 Å². The van der Waals surface area contributed by atoms with Crippen LogP contribution in [0.4, 0.5) is 0 Å². The van der Waals surface area contributed by atoms with Crippen molar-refractivity contribution in [3.05, 3.63) is 21.6 Å². The molecule has 0 aliphatic carbocycles. The van der Waals surface area contributed by atoms with Crippen LogP contribution in [0, 0.1) is 12.8 Å². The van der Waals surface area contributed by atoms with E-state index in [0.29, 0.717) is 41.3 Å². The van der Waals surface area contributed by atoms with Crippen LogP contribution in [0.25, 0.3) is 10.2 Å². The highest BCUT2D eigenvalue weighted by Gasteiger charge is 2.33. The van der Waals surface area contributed by atoms with Gasteiger partial charge in [-0.05, 0) is 51.6 Å². The number of amides is 1. The summed E-state index contributed by atoms with van der Waals surface area (Å²) in [6.45, 7) is 9.20. The molecule has 0 radical (unpaired) electrons. The van der Waals surface area contributed by atoms with Gasteiger partial charge in [0.2, 0.25) is 15.9 Å². The zero-order valence-corrected chi connectivity index (χ0v) is 21.2. The molecule has 1 atom stereocenters. The Labute approximate surface area is 198 Å². The zero-order valence-electron chi connectivity index (χ0n) is 19.5. The summed E-state index contributed by atoms with van der Waals surface area (Å²) in [4.78, 5) is 33.5. The maximum absolute atomic E-state index is 13.5. The summed E-state index contributed by atoms with van der Waals surface area (Å²) < 4.78 is 29.6. The van der Waals surface area contributed by atoms with E-state index < -0.39 is 15.6 Å². The lowest BCUT2D eigenvalue weighted by atomic mass is 10.0. The van der Waals surface area contributed by atoms with Crippen LogP contribution >= 0.6 is 11.3 Å². The summed E-state index contributed by atoms with van der Waals surface area (Å²) in [6, 6.07) is 0.319. The Bertz CT molecular complexity index is 1180. The molecule has 0 spiro atoms. The van der Waals surface area contributed by atoms with Gasteiger partial charge in [-0.3, -0.25) is 19.1 Å². The van der Waals surface area contributed by atoms with Crippen molar-refractivity contribution in [3.8, 4) is 0 Å². The number of fused-ring (bicyclic) bond motifs is 1. The van der Waals surface area contributed by atoms with Crippen LogP contribution in [0.5, 0.6) is 0 Å². The number of aryl methyl sites for hydroxylation is 1. The third-order valence-electron chi connectivity index (χ3n) is 6.89. The van der Waals surface area contributed by atoms with Gasteiger partial charge in [0.1, 0.15) is 16.3 Å². The molecule has 1 amide bonds.